The van der Waals surface area contributed by atoms with E-state index in [-0.39, 0.29) is 55.4 Å². The smallest absolute Gasteiger partial charge is 0.413 e. The number of allylic oxidation sites excluding steroid dienone is 1. The van der Waals surface area contributed by atoms with Crippen LogP contribution in [0.2, 0.25) is 0 Å². The van der Waals surface area contributed by atoms with E-state index in [0.29, 0.717) is 39.1 Å². The van der Waals surface area contributed by atoms with Crippen LogP contribution < -0.4 is 16.4 Å². The Kier molecular flexibility index (Phi) is 11.3. The van der Waals surface area contributed by atoms with Gasteiger partial charge in [0.05, 0.1) is 37.8 Å². The number of amides is 4. The molecule has 4 unspecified atom stereocenters. The van der Waals surface area contributed by atoms with Crippen molar-refractivity contribution in [1.29, 1.82) is 0 Å². The van der Waals surface area contributed by atoms with Crippen LogP contribution in [0.15, 0.2) is 11.6 Å². The first-order valence-electron chi connectivity index (χ1n) is 15.5. The monoisotopic (exact) mass is 623 g/mol. The summed E-state index contributed by atoms with van der Waals surface area (Å²) in [6.07, 6.45) is 3.57. The van der Waals surface area contributed by atoms with Crippen molar-refractivity contribution in [2.24, 2.45) is 11.7 Å². The topological polar surface area (TPSA) is 178 Å². The maximum atomic E-state index is 13.4. The van der Waals surface area contributed by atoms with Crippen molar-refractivity contribution >= 4 is 24.0 Å². The number of ether oxygens (including phenoxy) is 5. The molecule has 14 nitrogen and oxygen atoms in total. The summed E-state index contributed by atoms with van der Waals surface area (Å²) in [5.74, 6) is -0.911. The molecule has 4 amide bonds. The van der Waals surface area contributed by atoms with Crippen LogP contribution >= 0.6 is 0 Å². The van der Waals surface area contributed by atoms with E-state index >= 15 is 0 Å². The standard InChI is InChI=1S/C30H49N5O9/c1-19(2)8-9-22-29(3,44-22)26-25(40-5)21(10-11-30(26)18-42-30)43-28(39)35-13-6-7-20(35)17-41-27(38)33-24(37)16-34(4)14-12-32-23(36)15-31/h8,20-22,25-26H,6-7,9-18,31H2,1-5H3,(H,32,36)(H,33,37,38)/t20-,21?,22+,25?,26?,29?,30-/m0/s1. The normalized spacial score (nSPS) is 32.2. The number of nitrogens with one attached hydrogen (secondary N) is 2. The summed E-state index contributed by atoms with van der Waals surface area (Å²) in [5.41, 5.74) is 5.73. The molecular formula is C30H49N5O9. The average molecular weight is 624 g/mol. The first-order valence-corrected chi connectivity index (χ1v) is 15.5. The fraction of sp³-hybridized carbons (Fsp3) is 0.800. The number of alkyl carbamates (subject to hydrolysis) is 1. The number of epoxide rings is 2. The summed E-state index contributed by atoms with van der Waals surface area (Å²) in [4.78, 5) is 52.4. The van der Waals surface area contributed by atoms with Gasteiger partial charge >= 0.3 is 12.2 Å². The number of likely N-dealkylation sites (N-methyl/N-ethyl adjacent to an activating group) is 1. The molecule has 44 heavy (non-hydrogen) atoms. The molecule has 4 N–H and O–H groups in total. The predicted octanol–water partition coefficient (Wildman–Crippen LogP) is 0.923. The number of carbonyl (C=O) groups excluding carboxylic acids is 4. The van der Waals surface area contributed by atoms with Gasteiger partial charge in [0.1, 0.15) is 30.0 Å². The molecule has 0 aromatic heterocycles. The number of hydrogen-bond acceptors (Lipinski definition) is 11. The van der Waals surface area contributed by atoms with Gasteiger partial charge in [0, 0.05) is 26.7 Å². The second-order valence-corrected chi connectivity index (χ2v) is 12.7. The van der Waals surface area contributed by atoms with Gasteiger partial charge in [0.2, 0.25) is 11.8 Å². The highest BCUT2D eigenvalue weighted by molar-refractivity contribution is 5.92. The molecule has 14 heteroatoms. The molecule has 1 saturated carbocycles. The van der Waals surface area contributed by atoms with Crippen LogP contribution in [0.3, 0.4) is 0 Å². The van der Waals surface area contributed by atoms with E-state index in [1.54, 1.807) is 24.0 Å². The Morgan fingerprint density at radius 3 is 2.59 bits per heavy atom. The highest BCUT2D eigenvalue weighted by Gasteiger charge is 2.72. The van der Waals surface area contributed by atoms with E-state index in [4.69, 9.17) is 29.4 Å². The largest absolute Gasteiger partial charge is 0.447 e. The number of methoxy groups -OCH3 is 1. The molecular weight excluding hydrogens is 574 g/mol. The summed E-state index contributed by atoms with van der Waals surface area (Å²) < 4.78 is 29.6. The van der Waals surface area contributed by atoms with E-state index in [0.717, 1.165) is 19.3 Å². The second kappa shape index (κ2) is 14.5. The van der Waals surface area contributed by atoms with Gasteiger partial charge in [0.25, 0.3) is 0 Å². The molecule has 7 atom stereocenters. The van der Waals surface area contributed by atoms with Crippen molar-refractivity contribution in [2.75, 3.05) is 60.1 Å². The van der Waals surface area contributed by atoms with Crippen molar-refractivity contribution < 1.29 is 42.9 Å². The lowest BCUT2D eigenvalue weighted by atomic mass is 9.68. The van der Waals surface area contributed by atoms with Crippen molar-refractivity contribution in [3.8, 4) is 0 Å². The Morgan fingerprint density at radius 2 is 1.93 bits per heavy atom. The van der Waals surface area contributed by atoms with Gasteiger partial charge in [-0.05, 0) is 59.9 Å². The number of nitrogens with two attached hydrogens (primary N) is 1. The van der Waals surface area contributed by atoms with Gasteiger partial charge < -0.3 is 39.6 Å². The second-order valence-electron chi connectivity index (χ2n) is 12.7. The lowest BCUT2D eigenvalue weighted by molar-refractivity contribution is -0.122. The molecule has 0 aromatic rings. The lowest BCUT2D eigenvalue weighted by Crippen LogP contribution is -2.56. The molecule has 3 aliphatic heterocycles. The van der Waals surface area contributed by atoms with Crippen molar-refractivity contribution in [3.63, 3.8) is 0 Å². The number of imide groups is 1. The Labute approximate surface area is 259 Å². The SMILES string of the molecule is COC1C(OC(=O)N2CCC[C@H]2COC(=O)NC(=O)CN(C)CCNC(=O)CN)CC[C@]2(CO2)C1C1(C)O[C@@H]1CC=C(C)C. The zero-order chi connectivity index (χ0) is 32.1. The third-order valence-corrected chi connectivity index (χ3v) is 9.16. The third-order valence-electron chi connectivity index (χ3n) is 9.16. The van der Waals surface area contributed by atoms with Gasteiger partial charge in [-0.1, -0.05) is 11.6 Å². The average Bonchev–Trinajstić information content (AvgIpc) is 3.83. The molecule has 4 fully saturated rings. The van der Waals surface area contributed by atoms with Gasteiger partial charge in [-0.2, -0.15) is 0 Å². The first kappa shape index (κ1) is 34.1. The molecule has 0 aromatic carbocycles. The molecule has 1 spiro atoms. The van der Waals surface area contributed by atoms with Gasteiger partial charge in [-0.3, -0.25) is 19.8 Å². The minimum Gasteiger partial charge on any atom is -0.447 e. The van der Waals surface area contributed by atoms with Crippen LogP contribution in [0.5, 0.6) is 0 Å². The predicted molar refractivity (Wildman–Crippen MR) is 159 cm³/mol. The summed E-state index contributed by atoms with van der Waals surface area (Å²) in [6.45, 7) is 7.84. The zero-order valence-corrected chi connectivity index (χ0v) is 26.6. The highest BCUT2D eigenvalue weighted by atomic mass is 16.6. The molecule has 3 saturated heterocycles. The van der Waals surface area contributed by atoms with Crippen LogP contribution in [-0.2, 0) is 33.3 Å². The molecule has 4 rings (SSSR count). The summed E-state index contributed by atoms with van der Waals surface area (Å²) >= 11 is 0. The Balaban J connectivity index is 1.25. The molecule has 1 aliphatic carbocycles. The van der Waals surface area contributed by atoms with E-state index in [9.17, 15) is 19.2 Å². The van der Waals surface area contributed by atoms with E-state index in [2.05, 4.69) is 37.5 Å². The zero-order valence-electron chi connectivity index (χ0n) is 26.6. The number of hydrogen-bond donors (Lipinski definition) is 3. The van der Waals surface area contributed by atoms with Crippen LogP contribution in [-0.4, -0.2) is 129 Å². The summed E-state index contributed by atoms with van der Waals surface area (Å²) in [5, 5.41) is 4.81. The van der Waals surface area contributed by atoms with E-state index in [1.165, 1.54) is 5.57 Å². The fourth-order valence-electron chi connectivity index (χ4n) is 6.66. The molecule has 3 heterocycles. The van der Waals surface area contributed by atoms with Crippen LogP contribution in [0, 0.1) is 5.92 Å². The molecule has 0 bridgehead atoms. The number of carbonyl (C=O) groups is 4. The van der Waals surface area contributed by atoms with Crippen molar-refractivity contribution in [1.82, 2.24) is 20.4 Å². The number of rotatable bonds is 13. The van der Waals surface area contributed by atoms with Crippen molar-refractivity contribution in [3.05, 3.63) is 11.6 Å². The van der Waals surface area contributed by atoms with E-state index in [1.807, 2.05) is 0 Å². The van der Waals surface area contributed by atoms with Crippen LogP contribution in [0.1, 0.15) is 52.9 Å². The van der Waals surface area contributed by atoms with Gasteiger partial charge in [-0.25, -0.2) is 9.59 Å². The first-order chi connectivity index (χ1) is 20.9. The molecule has 4 aliphatic rings. The maximum absolute atomic E-state index is 13.4. The van der Waals surface area contributed by atoms with Crippen LogP contribution in [0.4, 0.5) is 9.59 Å². The Morgan fingerprint density at radius 1 is 1.18 bits per heavy atom. The maximum Gasteiger partial charge on any atom is 0.413 e. The quantitative estimate of drug-likeness (QED) is 0.196. The summed E-state index contributed by atoms with van der Waals surface area (Å²) in [7, 11) is 3.32. The Hall–Kier alpha value is -2.78. The van der Waals surface area contributed by atoms with Gasteiger partial charge in [-0.15, -0.1) is 0 Å². The van der Waals surface area contributed by atoms with Crippen molar-refractivity contribution in [2.45, 2.75) is 88.4 Å². The highest BCUT2D eigenvalue weighted by Crippen LogP contribution is 2.59. The number of likely N-dealkylation sites (tertiary alicyclic amines) is 1. The van der Waals surface area contributed by atoms with Crippen LogP contribution in [0.25, 0.3) is 0 Å². The molecule has 248 valence electrons. The fourth-order valence-corrected chi connectivity index (χ4v) is 6.66. The Bertz CT molecular complexity index is 1090. The number of nitrogens with zero attached hydrogens (tertiary/aromatic N) is 2. The third kappa shape index (κ3) is 8.27. The molecule has 0 radical (unpaired) electrons. The lowest BCUT2D eigenvalue weighted by Gasteiger charge is -2.43. The van der Waals surface area contributed by atoms with E-state index < -0.39 is 29.8 Å². The minimum absolute atomic E-state index is 0.0538. The van der Waals surface area contributed by atoms with Gasteiger partial charge in [0.15, 0.2) is 0 Å². The summed E-state index contributed by atoms with van der Waals surface area (Å²) in [6, 6.07) is -0.367. The minimum atomic E-state index is -0.885.